The molecular formula is C18H19N7O. The molecule has 8 nitrogen and oxygen atoms in total. The summed E-state index contributed by atoms with van der Waals surface area (Å²) in [5, 5.41) is 8.96. The molecule has 0 saturated heterocycles. The van der Waals surface area contributed by atoms with E-state index in [2.05, 4.69) is 30.4 Å². The molecule has 1 saturated carbocycles. The van der Waals surface area contributed by atoms with Gasteiger partial charge in [0.2, 0.25) is 5.95 Å². The average Bonchev–Trinajstić information content (AvgIpc) is 3.18. The number of aromatic amines is 1. The lowest BCUT2D eigenvalue weighted by molar-refractivity contribution is 0.0327. The molecule has 0 radical (unpaired) electrons. The third-order valence-electron chi connectivity index (χ3n) is 4.91. The van der Waals surface area contributed by atoms with Crippen molar-refractivity contribution in [3.05, 3.63) is 36.4 Å². The molecule has 0 atom stereocenters. The molecule has 0 aromatic carbocycles. The van der Waals surface area contributed by atoms with Crippen LogP contribution in [0.5, 0.6) is 0 Å². The summed E-state index contributed by atoms with van der Waals surface area (Å²) in [5.74, 6) is 0.638. The van der Waals surface area contributed by atoms with E-state index in [0.29, 0.717) is 18.1 Å². The quantitative estimate of drug-likeness (QED) is 0.588. The van der Waals surface area contributed by atoms with Crippen LogP contribution >= 0.6 is 0 Å². The van der Waals surface area contributed by atoms with E-state index in [0.717, 1.165) is 46.5 Å². The molecule has 0 amide bonds. The first-order valence-electron chi connectivity index (χ1n) is 8.66. The Hall–Kier alpha value is -3.00. The van der Waals surface area contributed by atoms with Crippen molar-refractivity contribution in [2.45, 2.75) is 31.9 Å². The number of H-pyrrole nitrogens is 1. The normalized spacial score (nSPS) is 19.8. The summed E-state index contributed by atoms with van der Waals surface area (Å²) in [6, 6.07) is 4.31. The molecule has 4 heterocycles. The number of rotatable bonds is 4. The van der Waals surface area contributed by atoms with Crippen LogP contribution in [0.25, 0.3) is 27.9 Å². The van der Waals surface area contributed by atoms with Crippen molar-refractivity contribution < 1.29 is 4.74 Å². The first-order chi connectivity index (χ1) is 12.7. The summed E-state index contributed by atoms with van der Waals surface area (Å²) >= 11 is 0. The van der Waals surface area contributed by atoms with Gasteiger partial charge >= 0.3 is 0 Å². The zero-order chi connectivity index (χ0) is 17.7. The standard InChI is InChI=1S/C18H19N7O/c1-10-9-25-16(21-10)4-3-15(24-25)13-7-19-17-14(13)8-20-18(23-17)22-11-5-12(6-11)26-2/h3-4,7-9,11-12H,5-6H2,1-2H3,(H2,19,20,22,23). The molecule has 0 bridgehead atoms. The van der Waals surface area contributed by atoms with Crippen LogP contribution in [0.15, 0.2) is 30.7 Å². The Labute approximate surface area is 149 Å². The molecule has 1 fully saturated rings. The number of ether oxygens (including phenoxy) is 1. The fourth-order valence-corrected chi connectivity index (χ4v) is 3.39. The number of anilines is 1. The van der Waals surface area contributed by atoms with Crippen LogP contribution in [-0.2, 0) is 4.74 Å². The molecule has 1 aliphatic rings. The van der Waals surface area contributed by atoms with Crippen molar-refractivity contribution in [2.75, 3.05) is 12.4 Å². The van der Waals surface area contributed by atoms with Crippen molar-refractivity contribution >= 4 is 22.6 Å². The SMILES string of the molecule is COC1CC(Nc2ncc3c(-c4ccc5nc(C)cn5n4)c[nH]c3n2)C1. The third-order valence-corrected chi connectivity index (χ3v) is 4.91. The number of aromatic nitrogens is 6. The predicted molar refractivity (Wildman–Crippen MR) is 98.0 cm³/mol. The maximum Gasteiger partial charge on any atom is 0.224 e. The first-order valence-corrected chi connectivity index (χ1v) is 8.66. The number of hydrogen-bond donors (Lipinski definition) is 2. The van der Waals surface area contributed by atoms with Gasteiger partial charge in [-0.25, -0.2) is 14.5 Å². The minimum absolute atomic E-state index is 0.348. The van der Waals surface area contributed by atoms with Crippen molar-refractivity contribution in [3.8, 4) is 11.3 Å². The summed E-state index contributed by atoms with van der Waals surface area (Å²) in [7, 11) is 1.75. The smallest absolute Gasteiger partial charge is 0.224 e. The van der Waals surface area contributed by atoms with E-state index < -0.39 is 0 Å². The minimum Gasteiger partial charge on any atom is -0.381 e. The summed E-state index contributed by atoms with van der Waals surface area (Å²) in [4.78, 5) is 16.7. The topological polar surface area (TPSA) is 93.0 Å². The minimum atomic E-state index is 0.348. The predicted octanol–water partition coefficient (Wildman–Crippen LogP) is 2.57. The van der Waals surface area contributed by atoms with Gasteiger partial charge in [0.05, 0.1) is 23.7 Å². The van der Waals surface area contributed by atoms with Crippen LogP contribution in [0.2, 0.25) is 0 Å². The number of imidazole rings is 1. The number of nitrogens with zero attached hydrogens (tertiary/aromatic N) is 5. The molecule has 0 unspecified atom stereocenters. The van der Waals surface area contributed by atoms with E-state index in [1.165, 1.54) is 0 Å². The van der Waals surface area contributed by atoms with E-state index in [4.69, 9.17) is 4.74 Å². The summed E-state index contributed by atoms with van der Waals surface area (Å²) in [6.45, 7) is 1.96. The van der Waals surface area contributed by atoms with E-state index in [-0.39, 0.29) is 0 Å². The van der Waals surface area contributed by atoms with Gasteiger partial charge in [-0.3, -0.25) is 0 Å². The Morgan fingerprint density at radius 3 is 3.00 bits per heavy atom. The second-order valence-corrected chi connectivity index (χ2v) is 6.73. The Balaban J connectivity index is 1.45. The summed E-state index contributed by atoms with van der Waals surface area (Å²) < 4.78 is 7.10. The van der Waals surface area contributed by atoms with Crippen LogP contribution in [0, 0.1) is 6.92 Å². The maximum absolute atomic E-state index is 5.31. The van der Waals surface area contributed by atoms with Gasteiger partial charge in [-0.2, -0.15) is 10.1 Å². The molecule has 8 heteroatoms. The van der Waals surface area contributed by atoms with Gasteiger partial charge in [0, 0.05) is 36.5 Å². The molecule has 132 valence electrons. The number of hydrogen-bond acceptors (Lipinski definition) is 6. The highest BCUT2D eigenvalue weighted by Gasteiger charge is 2.29. The fraction of sp³-hybridized carbons (Fsp3) is 0.333. The van der Waals surface area contributed by atoms with Crippen LogP contribution in [0.3, 0.4) is 0 Å². The van der Waals surface area contributed by atoms with Crippen LogP contribution in [-0.4, -0.2) is 48.8 Å². The number of fused-ring (bicyclic) bond motifs is 2. The van der Waals surface area contributed by atoms with E-state index in [1.54, 1.807) is 11.6 Å². The molecule has 4 aromatic heterocycles. The molecule has 0 aliphatic heterocycles. The lowest BCUT2D eigenvalue weighted by Gasteiger charge is -2.34. The number of aryl methyl sites for hydroxylation is 1. The zero-order valence-corrected chi connectivity index (χ0v) is 14.6. The molecular weight excluding hydrogens is 330 g/mol. The Kier molecular flexibility index (Phi) is 3.39. The van der Waals surface area contributed by atoms with Crippen LogP contribution < -0.4 is 5.32 Å². The highest BCUT2D eigenvalue weighted by Crippen LogP contribution is 2.28. The molecule has 0 spiro atoms. The van der Waals surface area contributed by atoms with Gasteiger partial charge in [-0.15, -0.1) is 0 Å². The van der Waals surface area contributed by atoms with E-state index >= 15 is 0 Å². The Bertz CT molecular complexity index is 1090. The fourth-order valence-electron chi connectivity index (χ4n) is 3.39. The van der Waals surface area contributed by atoms with Crippen LogP contribution in [0.1, 0.15) is 18.5 Å². The number of nitrogens with one attached hydrogen (secondary N) is 2. The molecule has 4 aromatic rings. The monoisotopic (exact) mass is 349 g/mol. The van der Waals surface area contributed by atoms with Crippen LogP contribution in [0.4, 0.5) is 5.95 Å². The molecule has 1 aliphatic carbocycles. The maximum atomic E-state index is 5.31. The molecule has 5 rings (SSSR count). The zero-order valence-electron chi connectivity index (χ0n) is 14.6. The highest BCUT2D eigenvalue weighted by molar-refractivity contribution is 5.92. The Morgan fingerprint density at radius 1 is 1.27 bits per heavy atom. The van der Waals surface area contributed by atoms with E-state index in [1.807, 2.05) is 37.6 Å². The highest BCUT2D eigenvalue weighted by atomic mass is 16.5. The van der Waals surface area contributed by atoms with Crippen molar-refractivity contribution in [2.24, 2.45) is 0 Å². The van der Waals surface area contributed by atoms with Crippen molar-refractivity contribution in [3.63, 3.8) is 0 Å². The van der Waals surface area contributed by atoms with Gasteiger partial charge < -0.3 is 15.0 Å². The Morgan fingerprint density at radius 2 is 2.15 bits per heavy atom. The van der Waals surface area contributed by atoms with Gasteiger partial charge in [0.25, 0.3) is 0 Å². The van der Waals surface area contributed by atoms with E-state index in [9.17, 15) is 0 Å². The van der Waals surface area contributed by atoms with Crippen molar-refractivity contribution in [1.82, 2.24) is 29.5 Å². The number of methoxy groups -OCH3 is 1. The van der Waals surface area contributed by atoms with Crippen molar-refractivity contribution in [1.29, 1.82) is 0 Å². The van der Waals surface area contributed by atoms with Gasteiger partial charge in [0.15, 0.2) is 5.65 Å². The molecule has 2 N–H and O–H groups in total. The largest absolute Gasteiger partial charge is 0.381 e. The third kappa shape index (κ3) is 2.50. The van der Waals surface area contributed by atoms with Gasteiger partial charge in [0.1, 0.15) is 5.65 Å². The second kappa shape index (κ2) is 5.77. The van der Waals surface area contributed by atoms with Gasteiger partial charge in [-0.1, -0.05) is 0 Å². The molecule has 26 heavy (non-hydrogen) atoms. The lowest BCUT2D eigenvalue weighted by Crippen LogP contribution is -2.40. The lowest BCUT2D eigenvalue weighted by atomic mass is 9.89. The second-order valence-electron chi connectivity index (χ2n) is 6.73. The first kappa shape index (κ1) is 15.3. The summed E-state index contributed by atoms with van der Waals surface area (Å²) in [6.07, 6.45) is 8.00. The summed E-state index contributed by atoms with van der Waals surface area (Å²) in [5.41, 5.74) is 4.40. The average molecular weight is 349 g/mol. The van der Waals surface area contributed by atoms with Gasteiger partial charge in [-0.05, 0) is 31.9 Å².